The maximum Gasteiger partial charge on any atom is 0.220 e. The third-order valence-corrected chi connectivity index (χ3v) is 3.54. The van der Waals surface area contributed by atoms with Crippen LogP contribution >= 0.6 is 0 Å². The highest BCUT2D eigenvalue weighted by molar-refractivity contribution is 5.76. The van der Waals surface area contributed by atoms with Gasteiger partial charge in [0.15, 0.2) is 0 Å². The highest BCUT2D eigenvalue weighted by Gasteiger charge is 2.17. The summed E-state index contributed by atoms with van der Waals surface area (Å²) in [6.45, 7) is 2.68. The summed E-state index contributed by atoms with van der Waals surface area (Å²) >= 11 is 0. The first-order valence-electron chi connectivity index (χ1n) is 6.75. The van der Waals surface area contributed by atoms with Gasteiger partial charge >= 0.3 is 0 Å². The van der Waals surface area contributed by atoms with Crippen molar-refractivity contribution in [3.05, 3.63) is 0 Å². The minimum absolute atomic E-state index is 0.182. The third-order valence-electron chi connectivity index (χ3n) is 3.54. The molecule has 0 heterocycles. The summed E-state index contributed by atoms with van der Waals surface area (Å²) < 4.78 is 0. The van der Waals surface area contributed by atoms with Gasteiger partial charge in [0, 0.05) is 19.0 Å². The van der Waals surface area contributed by atoms with Crippen molar-refractivity contribution in [3.8, 4) is 0 Å². The van der Waals surface area contributed by atoms with Gasteiger partial charge in [0.05, 0.1) is 0 Å². The van der Waals surface area contributed by atoms with Crippen molar-refractivity contribution in [1.82, 2.24) is 5.32 Å². The summed E-state index contributed by atoms with van der Waals surface area (Å²) in [5.41, 5.74) is 5.61. The predicted octanol–water partition coefficient (Wildman–Crippen LogP) is 2.20. The molecule has 0 aromatic heterocycles. The van der Waals surface area contributed by atoms with Crippen molar-refractivity contribution >= 4 is 5.91 Å². The van der Waals surface area contributed by atoms with E-state index in [-0.39, 0.29) is 11.9 Å². The van der Waals surface area contributed by atoms with Crippen molar-refractivity contribution in [3.63, 3.8) is 0 Å². The largest absolute Gasteiger partial charge is 0.352 e. The predicted molar refractivity (Wildman–Crippen MR) is 67.1 cm³/mol. The van der Waals surface area contributed by atoms with Gasteiger partial charge in [-0.15, -0.1) is 0 Å². The van der Waals surface area contributed by atoms with Crippen LogP contribution in [0.2, 0.25) is 0 Å². The SMILES string of the molecule is CCCC(CN)NC(=O)CCC1CCCC1. The molecule has 1 rings (SSSR count). The zero-order valence-corrected chi connectivity index (χ0v) is 10.5. The van der Waals surface area contributed by atoms with Gasteiger partial charge in [0.1, 0.15) is 0 Å². The molecule has 0 aliphatic heterocycles. The second kappa shape index (κ2) is 7.66. The zero-order chi connectivity index (χ0) is 11.8. The maximum absolute atomic E-state index is 11.7. The fourth-order valence-corrected chi connectivity index (χ4v) is 2.53. The van der Waals surface area contributed by atoms with Gasteiger partial charge in [-0.3, -0.25) is 4.79 Å². The number of nitrogens with one attached hydrogen (secondary N) is 1. The molecule has 0 aromatic rings. The normalized spacial score (nSPS) is 18.6. The van der Waals surface area contributed by atoms with Gasteiger partial charge < -0.3 is 11.1 Å². The van der Waals surface area contributed by atoms with E-state index in [9.17, 15) is 4.79 Å². The fourth-order valence-electron chi connectivity index (χ4n) is 2.53. The van der Waals surface area contributed by atoms with Crippen LogP contribution in [0.15, 0.2) is 0 Å². The molecule has 1 unspecified atom stereocenters. The Morgan fingerprint density at radius 3 is 2.69 bits per heavy atom. The Morgan fingerprint density at radius 2 is 2.12 bits per heavy atom. The van der Waals surface area contributed by atoms with Gasteiger partial charge in [-0.25, -0.2) is 0 Å². The Kier molecular flexibility index (Phi) is 6.46. The highest BCUT2D eigenvalue weighted by Crippen LogP contribution is 2.28. The molecule has 16 heavy (non-hydrogen) atoms. The van der Waals surface area contributed by atoms with E-state index < -0.39 is 0 Å². The first kappa shape index (κ1) is 13.5. The standard InChI is InChI=1S/C13H26N2O/c1-2-5-12(10-14)15-13(16)9-8-11-6-3-4-7-11/h11-12H,2-10,14H2,1H3,(H,15,16). The van der Waals surface area contributed by atoms with Crippen molar-refractivity contribution in [2.75, 3.05) is 6.54 Å². The molecule has 1 aliphatic carbocycles. The molecule has 94 valence electrons. The molecule has 1 fully saturated rings. The van der Waals surface area contributed by atoms with Gasteiger partial charge in [0.2, 0.25) is 5.91 Å². The lowest BCUT2D eigenvalue weighted by atomic mass is 10.0. The number of hydrogen-bond acceptors (Lipinski definition) is 2. The lowest BCUT2D eigenvalue weighted by Crippen LogP contribution is -2.40. The Bertz CT molecular complexity index is 200. The first-order chi connectivity index (χ1) is 7.76. The molecular weight excluding hydrogens is 200 g/mol. The van der Waals surface area contributed by atoms with E-state index in [4.69, 9.17) is 5.73 Å². The monoisotopic (exact) mass is 226 g/mol. The van der Waals surface area contributed by atoms with Gasteiger partial charge in [0.25, 0.3) is 0 Å². The Morgan fingerprint density at radius 1 is 1.44 bits per heavy atom. The fraction of sp³-hybridized carbons (Fsp3) is 0.923. The number of carbonyl (C=O) groups is 1. The van der Waals surface area contributed by atoms with Crippen molar-refractivity contribution in [2.24, 2.45) is 11.7 Å². The van der Waals surface area contributed by atoms with Gasteiger partial charge in [-0.05, 0) is 18.8 Å². The molecule has 1 amide bonds. The zero-order valence-electron chi connectivity index (χ0n) is 10.5. The molecule has 0 aromatic carbocycles. The molecule has 3 heteroatoms. The molecule has 1 atom stereocenters. The molecular formula is C13H26N2O. The van der Waals surface area contributed by atoms with Crippen LogP contribution < -0.4 is 11.1 Å². The van der Waals surface area contributed by atoms with Crippen LogP contribution in [0.4, 0.5) is 0 Å². The maximum atomic E-state index is 11.7. The molecule has 1 aliphatic rings. The first-order valence-corrected chi connectivity index (χ1v) is 6.75. The van der Waals surface area contributed by atoms with Crippen LogP contribution in [0.3, 0.4) is 0 Å². The smallest absolute Gasteiger partial charge is 0.220 e. The number of nitrogens with two attached hydrogens (primary N) is 1. The van der Waals surface area contributed by atoms with E-state index in [1.807, 2.05) is 0 Å². The summed E-state index contributed by atoms with van der Waals surface area (Å²) in [7, 11) is 0. The highest BCUT2D eigenvalue weighted by atomic mass is 16.1. The van der Waals surface area contributed by atoms with Gasteiger partial charge in [-0.2, -0.15) is 0 Å². The molecule has 0 radical (unpaired) electrons. The minimum Gasteiger partial charge on any atom is -0.352 e. The summed E-state index contributed by atoms with van der Waals surface area (Å²) in [5.74, 6) is 0.990. The van der Waals surface area contributed by atoms with E-state index in [1.54, 1.807) is 0 Å². The van der Waals surface area contributed by atoms with E-state index >= 15 is 0 Å². The second-order valence-electron chi connectivity index (χ2n) is 4.98. The average Bonchev–Trinajstić information content (AvgIpc) is 2.78. The quantitative estimate of drug-likeness (QED) is 0.699. The second-order valence-corrected chi connectivity index (χ2v) is 4.98. The minimum atomic E-state index is 0.182. The third kappa shape index (κ3) is 4.97. The van der Waals surface area contributed by atoms with Crippen LogP contribution in [0.5, 0.6) is 0 Å². The number of rotatable bonds is 7. The number of hydrogen-bond donors (Lipinski definition) is 2. The van der Waals surface area contributed by atoms with Crippen LogP contribution in [-0.4, -0.2) is 18.5 Å². The van der Waals surface area contributed by atoms with Crippen LogP contribution in [0.25, 0.3) is 0 Å². The Labute approximate surface area is 99.2 Å². The van der Waals surface area contributed by atoms with Gasteiger partial charge in [-0.1, -0.05) is 39.0 Å². The van der Waals surface area contributed by atoms with E-state index in [2.05, 4.69) is 12.2 Å². The van der Waals surface area contributed by atoms with Crippen molar-refractivity contribution < 1.29 is 4.79 Å². The van der Waals surface area contributed by atoms with Crippen LogP contribution in [0.1, 0.15) is 58.3 Å². The molecule has 3 nitrogen and oxygen atoms in total. The Hall–Kier alpha value is -0.570. The summed E-state index contributed by atoms with van der Waals surface area (Å²) in [5, 5.41) is 3.03. The van der Waals surface area contributed by atoms with Crippen molar-refractivity contribution in [1.29, 1.82) is 0 Å². The van der Waals surface area contributed by atoms with Crippen LogP contribution in [-0.2, 0) is 4.79 Å². The lowest BCUT2D eigenvalue weighted by molar-refractivity contribution is -0.122. The summed E-state index contributed by atoms with van der Waals surface area (Å²) in [4.78, 5) is 11.7. The molecule has 3 N–H and O–H groups in total. The lowest BCUT2D eigenvalue weighted by Gasteiger charge is -2.16. The molecule has 0 saturated heterocycles. The summed E-state index contributed by atoms with van der Waals surface area (Å²) in [6, 6.07) is 0.182. The molecule has 0 spiro atoms. The molecule has 1 saturated carbocycles. The van der Waals surface area contributed by atoms with E-state index in [0.29, 0.717) is 13.0 Å². The van der Waals surface area contributed by atoms with Crippen LogP contribution in [0, 0.1) is 5.92 Å². The summed E-state index contributed by atoms with van der Waals surface area (Å²) in [6.07, 6.45) is 9.17. The Balaban J connectivity index is 2.13. The average molecular weight is 226 g/mol. The molecule has 0 bridgehead atoms. The van der Waals surface area contributed by atoms with E-state index in [1.165, 1.54) is 25.7 Å². The topological polar surface area (TPSA) is 55.1 Å². The van der Waals surface area contributed by atoms with E-state index in [0.717, 1.165) is 25.2 Å². The number of amides is 1. The number of carbonyl (C=O) groups excluding carboxylic acids is 1. The van der Waals surface area contributed by atoms with Crippen molar-refractivity contribution in [2.45, 2.75) is 64.3 Å².